The van der Waals surface area contributed by atoms with Crippen LogP contribution in [0.5, 0.6) is 0 Å². The van der Waals surface area contributed by atoms with Gasteiger partial charge in [0.2, 0.25) is 5.95 Å². The van der Waals surface area contributed by atoms with Gasteiger partial charge in [-0.1, -0.05) is 19.8 Å². The first-order valence-electron chi connectivity index (χ1n) is 7.11. The van der Waals surface area contributed by atoms with E-state index >= 15 is 0 Å². The van der Waals surface area contributed by atoms with E-state index in [1.165, 1.54) is 25.7 Å². The van der Waals surface area contributed by atoms with Gasteiger partial charge in [-0.15, -0.1) is 0 Å². The zero-order valence-electron chi connectivity index (χ0n) is 11.5. The molecule has 1 aromatic rings. The molecule has 1 aromatic heterocycles. The van der Waals surface area contributed by atoms with Gasteiger partial charge >= 0.3 is 0 Å². The summed E-state index contributed by atoms with van der Waals surface area (Å²) in [6.45, 7) is 6.12. The van der Waals surface area contributed by atoms with Gasteiger partial charge in [0.05, 0.1) is 0 Å². The topological polar surface area (TPSA) is 49.8 Å². The van der Waals surface area contributed by atoms with Crippen molar-refractivity contribution in [1.82, 2.24) is 9.97 Å². The van der Waals surface area contributed by atoms with Crippen molar-refractivity contribution in [3.63, 3.8) is 0 Å². The normalized spacial score (nSPS) is 14.6. The van der Waals surface area contributed by atoms with Gasteiger partial charge in [-0.2, -0.15) is 4.98 Å². The van der Waals surface area contributed by atoms with Gasteiger partial charge in [0.25, 0.3) is 0 Å². The third kappa shape index (κ3) is 4.17. The second kappa shape index (κ2) is 6.57. The SMILES string of the molecule is CCCNc1ncc(C)c(NCCCC2CC2)n1. The molecule has 1 saturated carbocycles. The van der Waals surface area contributed by atoms with E-state index in [1.807, 2.05) is 13.1 Å². The monoisotopic (exact) mass is 248 g/mol. The number of hydrogen-bond acceptors (Lipinski definition) is 4. The standard InChI is InChI=1S/C14H24N4/c1-3-8-16-14-17-10-11(2)13(18-14)15-9-4-5-12-6-7-12/h10,12H,3-9H2,1-2H3,(H2,15,16,17,18). The predicted molar refractivity (Wildman–Crippen MR) is 76.0 cm³/mol. The zero-order chi connectivity index (χ0) is 12.8. The number of nitrogens with zero attached hydrogens (tertiary/aromatic N) is 2. The highest BCUT2D eigenvalue weighted by Crippen LogP contribution is 2.33. The van der Waals surface area contributed by atoms with Crippen LogP contribution in [-0.2, 0) is 0 Å². The summed E-state index contributed by atoms with van der Waals surface area (Å²) in [6, 6.07) is 0. The van der Waals surface area contributed by atoms with Crippen LogP contribution in [0.4, 0.5) is 11.8 Å². The average molecular weight is 248 g/mol. The molecule has 0 unspecified atom stereocenters. The maximum absolute atomic E-state index is 4.51. The van der Waals surface area contributed by atoms with Gasteiger partial charge in [0.15, 0.2) is 0 Å². The molecule has 0 atom stereocenters. The van der Waals surface area contributed by atoms with Gasteiger partial charge in [0, 0.05) is 24.8 Å². The highest BCUT2D eigenvalue weighted by atomic mass is 15.1. The number of anilines is 2. The fourth-order valence-electron chi connectivity index (χ4n) is 1.95. The lowest BCUT2D eigenvalue weighted by Crippen LogP contribution is -2.09. The van der Waals surface area contributed by atoms with Crippen molar-refractivity contribution in [1.29, 1.82) is 0 Å². The number of hydrogen-bond donors (Lipinski definition) is 2. The Balaban J connectivity index is 1.80. The van der Waals surface area contributed by atoms with E-state index in [2.05, 4.69) is 27.5 Å². The minimum atomic E-state index is 0.729. The quantitative estimate of drug-likeness (QED) is 0.694. The van der Waals surface area contributed by atoms with E-state index in [1.54, 1.807) is 0 Å². The molecule has 2 rings (SSSR count). The highest BCUT2D eigenvalue weighted by Gasteiger charge is 2.19. The molecular formula is C14H24N4. The Morgan fingerprint density at radius 1 is 1.28 bits per heavy atom. The summed E-state index contributed by atoms with van der Waals surface area (Å²) in [5, 5.41) is 6.64. The summed E-state index contributed by atoms with van der Waals surface area (Å²) in [4.78, 5) is 8.79. The molecule has 18 heavy (non-hydrogen) atoms. The van der Waals surface area contributed by atoms with E-state index < -0.39 is 0 Å². The van der Waals surface area contributed by atoms with Crippen molar-refractivity contribution in [3.05, 3.63) is 11.8 Å². The second-order valence-corrected chi connectivity index (χ2v) is 5.16. The molecule has 4 nitrogen and oxygen atoms in total. The van der Waals surface area contributed by atoms with Crippen molar-refractivity contribution >= 4 is 11.8 Å². The molecule has 0 spiro atoms. The van der Waals surface area contributed by atoms with Crippen molar-refractivity contribution in [2.24, 2.45) is 5.92 Å². The summed E-state index contributed by atoms with van der Waals surface area (Å²) in [5.74, 6) is 2.71. The molecule has 4 heteroatoms. The molecule has 1 heterocycles. The fourth-order valence-corrected chi connectivity index (χ4v) is 1.95. The minimum Gasteiger partial charge on any atom is -0.370 e. The number of rotatable bonds is 8. The Morgan fingerprint density at radius 3 is 2.83 bits per heavy atom. The van der Waals surface area contributed by atoms with Crippen LogP contribution in [0.3, 0.4) is 0 Å². The van der Waals surface area contributed by atoms with Gasteiger partial charge in [-0.3, -0.25) is 0 Å². The van der Waals surface area contributed by atoms with E-state index in [9.17, 15) is 0 Å². The molecule has 100 valence electrons. The van der Waals surface area contributed by atoms with Crippen LogP contribution in [0.15, 0.2) is 6.20 Å². The first-order chi connectivity index (χ1) is 8.79. The summed E-state index contributed by atoms with van der Waals surface area (Å²) < 4.78 is 0. The third-order valence-electron chi connectivity index (χ3n) is 3.28. The van der Waals surface area contributed by atoms with Crippen molar-refractivity contribution in [3.8, 4) is 0 Å². The van der Waals surface area contributed by atoms with Crippen LogP contribution in [0.2, 0.25) is 0 Å². The molecule has 1 aliphatic rings. The highest BCUT2D eigenvalue weighted by molar-refractivity contribution is 5.46. The molecule has 0 radical (unpaired) electrons. The lowest BCUT2D eigenvalue weighted by molar-refractivity contribution is 0.686. The van der Waals surface area contributed by atoms with E-state index in [0.29, 0.717) is 0 Å². The summed E-state index contributed by atoms with van der Waals surface area (Å²) >= 11 is 0. The number of aromatic nitrogens is 2. The van der Waals surface area contributed by atoms with E-state index in [4.69, 9.17) is 0 Å². The van der Waals surface area contributed by atoms with Crippen LogP contribution >= 0.6 is 0 Å². The smallest absolute Gasteiger partial charge is 0.224 e. The van der Waals surface area contributed by atoms with Crippen LogP contribution < -0.4 is 10.6 Å². The Labute approximate surface area is 110 Å². The van der Waals surface area contributed by atoms with Crippen LogP contribution in [-0.4, -0.2) is 23.1 Å². The molecule has 0 saturated heterocycles. The van der Waals surface area contributed by atoms with Crippen molar-refractivity contribution in [2.75, 3.05) is 23.7 Å². The second-order valence-electron chi connectivity index (χ2n) is 5.16. The predicted octanol–water partition coefficient (Wildman–Crippen LogP) is 3.21. The summed E-state index contributed by atoms with van der Waals surface area (Å²) in [6.07, 6.45) is 8.45. The molecule has 0 aliphatic heterocycles. The first kappa shape index (κ1) is 13.1. The lowest BCUT2D eigenvalue weighted by atomic mass is 10.2. The van der Waals surface area contributed by atoms with Gasteiger partial charge < -0.3 is 10.6 Å². The number of nitrogens with one attached hydrogen (secondary N) is 2. The maximum Gasteiger partial charge on any atom is 0.224 e. The third-order valence-corrected chi connectivity index (χ3v) is 3.28. The van der Waals surface area contributed by atoms with Gasteiger partial charge in [-0.25, -0.2) is 4.98 Å². The van der Waals surface area contributed by atoms with E-state index in [0.717, 1.165) is 42.8 Å². The van der Waals surface area contributed by atoms with Crippen LogP contribution in [0.1, 0.15) is 44.6 Å². The van der Waals surface area contributed by atoms with Crippen LogP contribution in [0, 0.1) is 12.8 Å². The Kier molecular flexibility index (Phi) is 4.79. The maximum atomic E-state index is 4.51. The number of aryl methyl sites for hydroxylation is 1. The Morgan fingerprint density at radius 2 is 2.11 bits per heavy atom. The Hall–Kier alpha value is -1.32. The van der Waals surface area contributed by atoms with Crippen LogP contribution in [0.25, 0.3) is 0 Å². The largest absolute Gasteiger partial charge is 0.370 e. The van der Waals surface area contributed by atoms with Gasteiger partial charge in [0.1, 0.15) is 5.82 Å². The van der Waals surface area contributed by atoms with Crippen molar-refractivity contribution in [2.45, 2.75) is 46.0 Å². The zero-order valence-corrected chi connectivity index (χ0v) is 11.5. The van der Waals surface area contributed by atoms with E-state index in [-0.39, 0.29) is 0 Å². The van der Waals surface area contributed by atoms with Crippen molar-refractivity contribution < 1.29 is 0 Å². The molecule has 0 bridgehead atoms. The molecule has 0 aromatic carbocycles. The molecule has 1 aliphatic carbocycles. The minimum absolute atomic E-state index is 0.729. The fraction of sp³-hybridized carbons (Fsp3) is 0.714. The van der Waals surface area contributed by atoms with Gasteiger partial charge in [-0.05, 0) is 32.1 Å². The molecule has 0 amide bonds. The molecule has 2 N–H and O–H groups in total. The molecule has 1 fully saturated rings. The lowest BCUT2D eigenvalue weighted by Gasteiger charge is -2.10. The Bertz CT molecular complexity index is 374. The average Bonchev–Trinajstić information content (AvgIpc) is 3.19. The summed E-state index contributed by atoms with van der Waals surface area (Å²) in [7, 11) is 0. The summed E-state index contributed by atoms with van der Waals surface area (Å²) in [5.41, 5.74) is 1.11. The molecular weight excluding hydrogens is 224 g/mol. The first-order valence-corrected chi connectivity index (χ1v) is 7.11.